The summed E-state index contributed by atoms with van der Waals surface area (Å²) in [6, 6.07) is 4.45. The van der Waals surface area contributed by atoms with Gasteiger partial charge in [0.15, 0.2) is 11.6 Å². The van der Waals surface area contributed by atoms with E-state index in [4.69, 9.17) is 0 Å². The number of benzene rings is 1. The van der Waals surface area contributed by atoms with Crippen LogP contribution in [0.15, 0.2) is 30.6 Å². The lowest BCUT2D eigenvalue weighted by Gasteiger charge is -2.38. The van der Waals surface area contributed by atoms with Crippen molar-refractivity contribution in [2.24, 2.45) is 17.8 Å². The van der Waals surface area contributed by atoms with E-state index in [2.05, 4.69) is 0 Å². The summed E-state index contributed by atoms with van der Waals surface area (Å²) in [5, 5.41) is 0. The zero-order valence-electron chi connectivity index (χ0n) is 17.7. The molecule has 0 nitrogen and oxygen atoms in total. The highest BCUT2D eigenvalue weighted by molar-refractivity contribution is 5.22. The highest BCUT2D eigenvalue weighted by Gasteiger charge is 2.31. The number of hydrogen-bond acceptors (Lipinski definition) is 0. The Kier molecular flexibility index (Phi) is 9.14. The van der Waals surface area contributed by atoms with Gasteiger partial charge in [0.2, 0.25) is 0 Å². The van der Waals surface area contributed by atoms with Gasteiger partial charge in [-0.1, -0.05) is 50.7 Å². The molecule has 2 aliphatic carbocycles. The van der Waals surface area contributed by atoms with Crippen molar-refractivity contribution in [1.29, 1.82) is 0 Å². The molecule has 0 radical (unpaired) electrons. The zero-order chi connectivity index (χ0) is 20.5. The van der Waals surface area contributed by atoms with Gasteiger partial charge in [-0.05, 0) is 92.7 Å². The summed E-state index contributed by atoms with van der Waals surface area (Å²) in [6.45, 7) is 0. The third-order valence-electron chi connectivity index (χ3n) is 7.57. The number of allylic oxidation sites excluding steroid dienone is 1. The molecular weight excluding hydrogens is 369 g/mol. The summed E-state index contributed by atoms with van der Waals surface area (Å²) in [5.41, 5.74) is 0.978. The maximum Gasteiger partial charge on any atom is 0.159 e. The molecule has 0 spiro atoms. The normalized spacial score (nSPS) is 28.1. The molecule has 2 fully saturated rings. The van der Waals surface area contributed by atoms with E-state index < -0.39 is 11.6 Å². The first-order chi connectivity index (χ1) is 14.2. The number of hydrogen-bond donors (Lipinski definition) is 0. The molecule has 0 amide bonds. The van der Waals surface area contributed by atoms with Crippen LogP contribution in [0.1, 0.15) is 101 Å². The molecule has 29 heavy (non-hydrogen) atoms. The van der Waals surface area contributed by atoms with Crippen LogP contribution < -0.4 is 0 Å². The van der Waals surface area contributed by atoms with E-state index in [1.807, 2.05) is 0 Å². The summed E-state index contributed by atoms with van der Waals surface area (Å²) in [5.74, 6) is 1.58. The monoisotopic (exact) mass is 406 g/mol. The molecule has 1 aromatic rings. The van der Waals surface area contributed by atoms with Crippen LogP contribution in [0.4, 0.5) is 13.2 Å². The number of rotatable bonds is 9. The Labute approximate surface area is 175 Å². The maximum atomic E-state index is 13.5. The smallest absolute Gasteiger partial charge is 0.159 e. The van der Waals surface area contributed by atoms with Crippen molar-refractivity contribution in [3.8, 4) is 0 Å². The van der Waals surface area contributed by atoms with Crippen molar-refractivity contribution >= 4 is 0 Å². The lowest BCUT2D eigenvalue weighted by atomic mass is 9.68. The molecule has 2 saturated carbocycles. The summed E-state index contributed by atoms with van der Waals surface area (Å²) in [4.78, 5) is 0. The SMILES string of the molecule is F/C=C/CCCCCC[C@H]1CC[C@H](C2CCC(c3ccc(F)c(F)c3)CC2)CC1. The lowest BCUT2D eigenvalue weighted by molar-refractivity contribution is 0.155. The molecule has 1 aromatic carbocycles. The van der Waals surface area contributed by atoms with E-state index in [0.29, 0.717) is 12.2 Å². The van der Waals surface area contributed by atoms with Gasteiger partial charge < -0.3 is 0 Å². The molecule has 0 saturated heterocycles. The third-order valence-corrected chi connectivity index (χ3v) is 7.57. The lowest BCUT2D eigenvalue weighted by Crippen LogP contribution is -2.25. The van der Waals surface area contributed by atoms with Gasteiger partial charge in [0, 0.05) is 0 Å². The summed E-state index contributed by atoms with van der Waals surface area (Å²) in [7, 11) is 0. The van der Waals surface area contributed by atoms with Gasteiger partial charge in [-0.25, -0.2) is 13.2 Å². The van der Waals surface area contributed by atoms with Crippen molar-refractivity contribution in [3.05, 3.63) is 47.8 Å². The molecule has 162 valence electrons. The fourth-order valence-electron chi connectivity index (χ4n) is 5.75. The third kappa shape index (κ3) is 6.89. The van der Waals surface area contributed by atoms with Crippen molar-refractivity contribution < 1.29 is 13.2 Å². The van der Waals surface area contributed by atoms with E-state index >= 15 is 0 Å². The first-order valence-corrected chi connectivity index (χ1v) is 11.9. The van der Waals surface area contributed by atoms with Crippen molar-refractivity contribution in [3.63, 3.8) is 0 Å². The Balaban J connectivity index is 1.31. The predicted octanol–water partition coefficient (Wildman–Crippen LogP) is 8.87. The first-order valence-electron chi connectivity index (χ1n) is 11.9. The highest BCUT2D eigenvalue weighted by Crippen LogP contribution is 2.44. The van der Waals surface area contributed by atoms with Crippen LogP contribution in [0.2, 0.25) is 0 Å². The van der Waals surface area contributed by atoms with Crippen LogP contribution in [0.3, 0.4) is 0 Å². The quantitative estimate of drug-likeness (QED) is 0.359. The van der Waals surface area contributed by atoms with Crippen molar-refractivity contribution in [1.82, 2.24) is 0 Å². The fraction of sp³-hybridized carbons (Fsp3) is 0.692. The summed E-state index contributed by atoms with van der Waals surface area (Å²) < 4.78 is 38.6. The van der Waals surface area contributed by atoms with Gasteiger partial charge in [-0.15, -0.1) is 0 Å². The molecule has 2 aliphatic rings. The minimum absolute atomic E-state index is 0.401. The molecule has 0 N–H and O–H groups in total. The zero-order valence-corrected chi connectivity index (χ0v) is 17.7. The van der Waals surface area contributed by atoms with Gasteiger partial charge in [0.05, 0.1) is 6.33 Å². The van der Waals surface area contributed by atoms with Gasteiger partial charge >= 0.3 is 0 Å². The molecule has 0 heterocycles. The van der Waals surface area contributed by atoms with Gasteiger partial charge in [0.25, 0.3) is 0 Å². The van der Waals surface area contributed by atoms with Crippen LogP contribution in [0.25, 0.3) is 0 Å². The minimum atomic E-state index is -0.742. The van der Waals surface area contributed by atoms with E-state index in [9.17, 15) is 13.2 Å². The molecule has 3 rings (SSSR count). The molecule has 3 heteroatoms. The van der Waals surface area contributed by atoms with E-state index in [0.717, 1.165) is 49.0 Å². The Morgan fingerprint density at radius 2 is 1.41 bits per heavy atom. The molecule has 0 aromatic heterocycles. The molecule has 0 atom stereocenters. The van der Waals surface area contributed by atoms with E-state index in [1.54, 1.807) is 12.1 Å². The number of halogens is 3. The van der Waals surface area contributed by atoms with Crippen LogP contribution in [0, 0.1) is 29.4 Å². The molecule has 0 aliphatic heterocycles. The fourth-order valence-corrected chi connectivity index (χ4v) is 5.75. The van der Waals surface area contributed by atoms with Crippen LogP contribution in [-0.4, -0.2) is 0 Å². The van der Waals surface area contributed by atoms with Gasteiger partial charge in [-0.2, -0.15) is 0 Å². The van der Waals surface area contributed by atoms with Gasteiger partial charge in [0.1, 0.15) is 0 Å². The second-order valence-corrected chi connectivity index (χ2v) is 9.42. The summed E-state index contributed by atoms with van der Waals surface area (Å²) >= 11 is 0. The second kappa shape index (κ2) is 11.8. The van der Waals surface area contributed by atoms with Crippen LogP contribution >= 0.6 is 0 Å². The van der Waals surface area contributed by atoms with E-state index in [-0.39, 0.29) is 0 Å². The minimum Gasteiger partial charge on any atom is -0.216 e. The Morgan fingerprint density at radius 1 is 0.759 bits per heavy atom. The van der Waals surface area contributed by atoms with E-state index in [1.165, 1.54) is 76.3 Å². The van der Waals surface area contributed by atoms with Crippen molar-refractivity contribution in [2.75, 3.05) is 0 Å². The summed E-state index contributed by atoms with van der Waals surface area (Å²) in [6.07, 6.45) is 19.7. The van der Waals surface area contributed by atoms with Gasteiger partial charge in [-0.3, -0.25) is 0 Å². The van der Waals surface area contributed by atoms with Crippen molar-refractivity contribution in [2.45, 2.75) is 95.8 Å². The molecular formula is C26H37F3. The maximum absolute atomic E-state index is 13.5. The average molecular weight is 407 g/mol. The first kappa shape index (κ1) is 22.4. The average Bonchev–Trinajstić information content (AvgIpc) is 2.76. The second-order valence-electron chi connectivity index (χ2n) is 9.42. The molecule has 0 bridgehead atoms. The Bertz CT molecular complexity index is 623. The number of unbranched alkanes of at least 4 members (excludes halogenated alkanes) is 4. The standard InChI is InChI=1S/C26H37F3/c27-18-6-4-2-1-3-5-7-20-8-10-21(11-9-20)22-12-14-23(15-13-22)24-16-17-25(28)26(29)19-24/h6,16-23H,1-5,7-15H2/b18-6+/t20-,21-,22?,23?. The van der Waals surface area contributed by atoms with Crippen LogP contribution in [0.5, 0.6) is 0 Å². The largest absolute Gasteiger partial charge is 0.216 e. The van der Waals surface area contributed by atoms with Crippen LogP contribution in [-0.2, 0) is 0 Å². The Morgan fingerprint density at radius 3 is 2.07 bits per heavy atom. The highest BCUT2D eigenvalue weighted by atomic mass is 19.2. The predicted molar refractivity (Wildman–Crippen MR) is 114 cm³/mol. The Hall–Kier alpha value is -1.25. The molecule has 0 unspecified atom stereocenters. The topological polar surface area (TPSA) is 0 Å².